The Morgan fingerprint density at radius 2 is 1.85 bits per heavy atom. The Labute approximate surface area is 85.8 Å². The molecule has 0 amide bonds. The highest BCUT2D eigenvalue weighted by atomic mass is 35.5. The van der Waals surface area contributed by atoms with Gasteiger partial charge in [0, 0.05) is 27.6 Å². The summed E-state index contributed by atoms with van der Waals surface area (Å²) in [6, 6.07) is 7.73. The van der Waals surface area contributed by atoms with E-state index in [0.717, 1.165) is 21.8 Å². The molecule has 2 aromatic rings. The first kappa shape index (κ1) is 8.60. The van der Waals surface area contributed by atoms with E-state index in [1.807, 2.05) is 35.0 Å². The molecule has 0 aliphatic heterocycles. The monoisotopic (exact) mass is 209 g/mol. The summed E-state index contributed by atoms with van der Waals surface area (Å²) in [5, 5.41) is 4.68. The van der Waals surface area contributed by atoms with Crippen molar-refractivity contribution < 1.29 is 0 Å². The third-order valence-corrected chi connectivity index (χ3v) is 3.05. The quantitative estimate of drug-likeness (QED) is 0.713. The van der Waals surface area contributed by atoms with Gasteiger partial charge >= 0.3 is 0 Å². The molecule has 3 heteroatoms. The SMILES string of the molecule is Nc1ccccc1-c1cscc1Cl. The number of anilines is 1. The number of benzene rings is 1. The van der Waals surface area contributed by atoms with E-state index in [0.29, 0.717) is 0 Å². The zero-order valence-electron chi connectivity index (χ0n) is 6.83. The average molecular weight is 210 g/mol. The van der Waals surface area contributed by atoms with Crippen LogP contribution in [0.4, 0.5) is 5.69 Å². The molecule has 0 saturated carbocycles. The van der Waals surface area contributed by atoms with E-state index in [1.54, 1.807) is 11.3 Å². The van der Waals surface area contributed by atoms with Crippen LogP contribution in [0.2, 0.25) is 5.02 Å². The highest BCUT2D eigenvalue weighted by molar-refractivity contribution is 7.09. The van der Waals surface area contributed by atoms with Crippen LogP contribution in [-0.4, -0.2) is 0 Å². The Hall–Kier alpha value is -0.990. The zero-order chi connectivity index (χ0) is 9.26. The molecule has 0 spiro atoms. The highest BCUT2D eigenvalue weighted by Gasteiger charge is 2.06. The second-order valence-corrected chi connectivity index (χ2v) is 3.87. The van der Waals surface area contributed by atoms with Crippen LogP contribution in [0.1, 0.15) is 0 Å². The first-order valence-corrected chi connectivity index (χ1v) is 5.17. The van der Waals surface area contributed by atoms with Gasteiger partial charge in [-0.1, -0.05) is 29.8 Å². The van der Waals surface area contributed by atoms with Gasteiger partial charge in [-0.05, 0) is 6.07 Å². The third-order valence-electron chi connectivity index (χ3n) is 1.87. The molecule has 1 aromatic carbocycles. The summed E-state index contributed by atoms with van der Waals surface area (Å²) in [5.41, 5.74) is 8.62. The van der Waals surface area contributed by atoms with Crippen LogP contribution >= 0.6 is 22.9 Å². The molecule has 0 bridgehead atoms. The minimum Gasteiger partial charge on any atom is -0.398 e. The van der Waals surface area contributed by atoms with Crippen LogP contribution in [0, 0.1) is 0 Å². The summed E-state index contributed by atoms with van der Waals surface area (Å²) in [7, 11) is 0. The Morgan fingerprint density at radius 1 is 1.08 bits per heavy atom. The molecule has 0 saturated heterocycles. The van der Waals surface area contributed by atoms with Crippen LogP contribution < -0.4 is 5.73 Å². The van der Waals surface area contributed by atoms with Crippen LogP contribution in [0.15, 0.2) is 35.0 Å². The first-order chi connectivity index (χ1) is 6.29. The lowest BCUT2D eigenvalue weighted by molar-refractivity contribution is 1.66. The van der Waals surface area contributed by atoms with Crippen molar-refractivity contribution in [1.29, 1.82) is 0 Å². The fourth-order valence-corrected chi connectivity index (χ4v) is 2.30. The van der Waals surface area contributed by atoms with E-state index in [9.17, 15) is 0 Å². The molecule has 2 N–H and O–H groups in total. The van der Waals surface area contributed by atoms with Gasteiger partial charge < -0.3 is 5.73 Å². The van der Waals surface area contributed by atoms with Crippen molar-refractivity contribution in [3.8, 4) is 11.1 Å². The molecule has 1 nitrogen and oxygen atoms in total. The minimum absolute atomic E-state index is 0.766. The molecule has 0 aliphatic carbocycles. The topological polar surface area (TPSA) is 26.0 Å². The van der Waals surface area contributed by atoms with Crippen molar-refractivity contribution >= 4 is 28.6 Å². The summed E-state index contributed by atoms with van der Waals surface area (Å²) >= 11 is 7.58. The number of nitrogens with two attached hydrogens (primary N) is 1. The zero-order valence-corrected chi connectivity index (χ0v) is 8.40. The maximum absolute atomic E-state index is 6.00. The van der Waals surface area contributed by atoms with Gasteiger partial charge in [0.15, 0.2) is 0 Å². The molecular formula is C10H8ClNS. The number of hydrogen-bond donors (Lipinski definition) is 1. The fourth-order valence-electron chi connectivity index (χ4n) is 1.22. The number of rotatable bonds is 1. The van der Waals surface area contributed by atoms with Crippen LogP contribution in [0.25, 0.3) is 11.1 Å². The van der Waals surface area contributed by atoms with Crippen molar-refractivity contribution in [3.05, 3.63) is 40.0 Å². The van der Waals surface area contributed by atoms with Gasteiger partial charge in [-0.15, -0.1) is 0 Å². The van der Waals surface area contributed by atoms with Crippen molar-refractivity contribution in [3.63, 3.8) is 0 Å². The van der Waals surface area contributed by atoms with Crippen molar-refractivity contribution in [2.45, 2.75) is 0 Å². The third kappa shape index (κ3) is 1.55. The van der Waals surface area contributed by atoms with E-state index < -0.39 is 0 Å². The number of halogens is 1. The van der Waals surface area contributed by atoms with Gasteiger partial charge in [0.2, 0.25) is 0 Å². The Kier molecular flexibility index (Phi) is 2.25. The molecule has 0 radical (unpaired) electrons. The summed E-state index contributed by atoms with van der Waals surface area (Å²) in [5.74, 6) is 0. The maximum Gasteiger partial charge on any atom is 0.0592 e. The lowest BCUT2D eigenvalue weighted by Crippen LogP contribution is -1.87. The van der Waals surface area contributed by atoms with E-state index in [1.165, 1.54) is 0 Å². The van der Waals surface area contributed by atoms with Crippen molar-refractivity contribution in [1.82, 2.24) is 0 Å². The second kappa shape index (κ2) is 3.40. The van der Waals surface area contributed by atoms with E-state index in [2.05, 4.69) is 0 Å². The Bertz CT molecular complexity index is 422. The second-order valence-electron chi connectivity index (χ2n) is 2.72. The van der Waals surface area contributed by atoms with Crippen LogP contribution in [0.3, 0.4) is 0 Å². The first-order valence-electron chi connectivity index (χ1n) is 3.85. The van der Waals surface area contributed by atoms with Gasteiger partial charge in [0.1, 0.15) is 0 Å². The lowest BCUT2D eigenvalue weighted by Gasteiger charge is -2.02. The van der Waals surface area contributed by atoms with Crippen molar-refractivity contribution in [2.24, 2.45) is 0 Å². The highest BCUT2D eigenvalue weighted by Crippen LogP contribution is 2.34. The lowest BCUT2D eigenvalue weighted by atomic mass is 10.1. The smallest absolute Gasteiger partial charge is 0.0592 e. The molecule has 2 rings (SSSR count). The predicted octanol–water partition coefficient (Wildman–Crippen LogP) is 3.65. The molecule has 1 aromatic heterocycles. The standard InChI is InChI=1S/C10H8ClNS/c11-9-6-13-5-8(9)7-3-1-2-4-10(7)12/h1-6H,12H2. The van der Waals surface area contributed by atoms with Crippen LogP contribution in [-0.2, 0) is 0 Å². The summed E-state index contributed by atoms with van der Waals surface area (Å²) in [6.07, 6.45) is 0. The van der Waals surface area contributed by atoms with Gasteiger partial charge in [0.05, 0.1) is 5.02 Å². The maximum atomic E-state index is 6.00. The molecule has 0 atom stereocenters. The largest absolute Gasteiger partial charge is 0.398 e. The van der Waals surface area contributed by atoms with E-state index >= 15 is 0 Å². The van der Waals surface area contributed by atoms with Gasteiger partial charge in [0.25, 0.3) is 0 Å². The number of nitrogen functional groups attached to an aromatic ring is 1. The summed E-state index contributed by atoms with van der Waals surface area (Å²) in [4.78, 5) is 0. The molecule has 66 valence electrons. The van der Waals surface area contributed by atoms with E-state index in [4.69, 9.17) is 17.3 Å². The van der Waals surface area contributed by atoms with Crippen molar-refractivity contribution in [2.75, 3.05) is 5.73 Å². The Balaban J connectivity index is 2.59. The molecule has 0 fully saturated rings. The summed E-state index contributed by atoms with van der Waals surface area (Å²) < 4.78 is 0. The van der Waals surface area contributed by atoms with Gasteiger partial charge in [-0.2, -0.15) is 11.3 Å². The normalized spacial score (nSPS) is 10.2. The minimum atomic E-state index is 0.766. The summed E-state index contributed by atoms with van der Waals surface area (Å²) in [6.45, 7) is 0. The molecular weight excluding hydrogens is 202 g/mol. The number of para-hydroxylation sites is 1. The van der Waals surface area contributed by atoms with Gasteiger partial charge in [-0.25, -0.2) is 0 Å². The Morgan fingerprint density at radius 3 is 2.46 bits per heavy atom. The predicted molar refractivity (Wildman–Crippen MR) is 59.2 cm³/mol. The molecule has 1 heterocycles. The number of hydrogen-bond acceptors (Lipinski definition) is 2. The molecule has 0 aliphatic rings. The fraction of sp³-hybridized carbons (Fsp3) is 0. The molecule has 0 unspecified atom stereocenters. The average Bonchev–Trinajstić information content (AvgIpc) is 2.52. The van der Waals surface area contributed by atoms with Crippen LogP contribution in [0.5, 0.6) is 0 Å². The van der Waals surface area contributed by atoms with E-state index in [-0.39, 0.29) is 0 Å². The number of thiophene rings is 1. The van der Waals surface area contributed by atoms with Gasteiger partial charge in [-0.3, -0.25) is 0 Å². The molecule has 13 heavy (non-hydrogen) atoms.